The van der Waals surface area contributed by atoms with Crippen molar-refractivity contribution in [3.05, 3.63) is 46.7 Å². The van der Waals surface area contributed by atoms with Gasteiger partial charge in [-0.05, 0) is 18.4 Å². The van der Waals surface area contributed by atoms with E-state index in [0.29, 0.717) is 25.0 Å². The van der Waals surface area contributed by atoms with Gasteiger partial charge in [0.1, 0.15) is 5.76 Å². The molecule has 28 heavy (non-hydrogen) atoms. The second-order valence-electron chi connectivity index (χ2n) is 7.68. The molecule has 0 radical (unpaired) electrons. The molecule has 1 saturated heterocycles. The van der Waals surface area contributed by atoms with Gasteiger partial charge in [0.25, 0.3) is 0 Å². The summed E-state index contributed by atoms with van der Waals surface area (Å²) in [5.74, 6) is 0.247. The Morgan fingerprint density at radius 2 is 1.86 bits per heavy atom. The zero-order valence-corrected chi connectivity index (χ0v) is 16.7. The molecule has 1 aromatic carbocycles. The number of rotatable bonds is 5. The Hall–Kier alpha value is -2.47. The van der Waals surface area contributed by atoms with Crippen LogP contribution in [-0.2, 0) is 9.59 Å². The Bertz CT molecular complexity index is 775. The zero-order valence-electron chi connectivity index (χ0n) is 16.7. The zero-order chi connectivity index (χ0) is 20.1. The van der Waals surface area contributed by atoms with E-state index in [1.807, 2.05) is 36.1 Å². The normalized spacial score (nSPS) is 21.6. The first-order valence-corrected chi connectivity index (χ1v) is 9.93. The van der Waals surface area contributed by atoms with Crippen molar-refractivity contribution >= 4 is 17.9 Å². The number of aliphatic imine (C=N–C) groups is 1. The van der Waals surface area contributed by atoms with Crippen LogP contribution in [0.15, 0.2) is 40.6 Å². The van der Waals surface area contributed by atoms with Gasteiger partial charge in [0, 0.05) is 58.7 Å². The highest BCUT2D eigenvalue weighted by molar-refractivity contribution is 6.14. The summed E-state index contributed by atoms with van der Waals surface area (Å²) >= 11 is 0. The number of hydrogen-bond acceptors (Lipinski definition) is 5. The molecule has 1 amide bonds. The fourth-order valence-corrected chi connectivity index (χ4v) is 3.77. The second kappa shape index (κ2) is 9.15. The van der Waals surface area contributed by atoms with Crippen molar-refractivity contribution in [3.8, 4) is 0 Å². The first kappa shape index (κ1) is 20.3. The summed E-state index contributed by atoms with van der Waals surface area (Å²) in [7, 11) is 0. The van der Waals surface area contributed by atoms with E-state index in [2.05, 4.69) is 9.89 Å². The van der Waals surface area contributed by atoms with Gasteiger partial charge in [-0.15, -0.1) is 0 Å². The number of Topliss-reactive ketones (excluding diaryl/α,β-unsaturated/α-hetero) is 1. The number of piperazine rings is 1. The van der Waals surface area contributed by atoms with Gasteiger partial charge in [0.05, 0.1) is 12.1 Å². The molecule has 1 N–H and O–H groups in total. The molecule has 0 saturated carbocycles. The fourth-order valence-electron chi connectivity index (χ4n) is 3.77. The number of aliphatic hydroxyl groups is 1. The summed E-state index contributed by atoms with van der Waals surface area (Å²) in [4.78, 5) is 32.3. The van der Waals surface area contributed by atoms with Gasteiger partial charge >= 0.3 is 0 Å². The topological polar surface area (TPSA) is 73.2 Å². The first-order chi connectivity index (χ1) is 13.4. The maximum absolute atomic E-state index is 12.5. The van der Waals surface area contributed by atoms with Gasteiger partial charge in [-0.1, -0.05) is 29.8 Å². The molecule has 1 aliphatic carbocycles. The SMILES string of the molecule is CC(=O)N1CCN(CCN=CC2=C(O)C[C@@H](c3ccc(C)cc3)CC2=O)CC1. The lowest BCUT2D eigenvalue weighted by atomic mass is 9.83. The lowest BCUT2D eigenvalue weighted by Gasteiger charge is -2.33. The van der Waals surface area contributed by atoms with E-state index >= 15 is 0 Å². The predicted molar refractivity (Wildman–Crippen MR) is 110 cm³/mol. The van der Waals surface area contributed by atoms with E-state index in [1.165, 1.54) is 11.8 Å². The van der Waals surface area contributed by atoms with E-state index in [1.54, 1.807) is 6.92 Å². The number of aliphatic hydroxyl groups excluding tert-OH is 1. The van der Waals surface area contributed by atoms with Crippen LogP contribution in [-0.4, -0.2) is 72.1 Å². The van der Waals surface area contributed by atoms with E-state index < -0.39 is 0 Å². The number of nitrogens with zero attached hydrogens (tertiary/aromatic N) is 3. The molecule has 0 unspecified atom stereocenters. The van der Waals surface area contributed by atoms with Crippen LogP contribution in [0.3, 0.4) is 0 Å². The van der Waals surface area contributed by atoms with Crippen LogP contribution >= 0.6 is 0 Å². The number of ketones is 1. The van der Waals surface area contributed by atoms with Crippen LogP contribution in [0.5, 0.6) is 0 Å². The lowest BCUT2D eigenvalue weighted by molar-refractivity contribution is -0.130. The highest BCUT2D eigenvalue weighted by atomic mass is 16.3. The Kier molecular flexibility index (Phi) is 6.62. The molecule has 150 valence electrons. The second-order valence-corrected chi connectivity index (χ2v) is 7.68. The van der Waals surface area contributed by atoms with E-state index in [9.17, 15) is 14.7 Å². The van der Waals surface area contributed by atoms with Crippen molar-refractivity contribution in [2.24, 2.45) is 4.99 Å². The Balaban J connectivity index is 1.51. The van der Waals surface area contributed by atoms with Crippen molar-refractivity contribution in [2.75, 3.05) is 39.3 Å². The number of aryl methyl sites for hydroxylation is 1. The number of carbonyl (C=O) groups excluding carboxylic acids is 2. The van der Waals surface area contributed by atoms with Crippen LogP contribution in [0.2, 0.25) is 0 Å². The van der Waals surface area contributed by atoms with E-state index in [4.69, 9.17) is 0 Å². The van der Waals surface area contributed by atoms with Gasteiger partial charge in [0.2, 0.25) is 5.91 Å². The third-order valence-corrected chi connectivity index (χ3v) is 5.61. The van der Waals surface area contributed by atoms with Crippen LogP contribution in [0.25, 0.3) is 0 Å². The Morgan fingerprint density at radius 1 is 1.18 bits per heavy atom. The quantitative estimate of drug-likeness (QED) is 0.793. The van der Waals surface area contributed by atoms with Gasteiger partial charge in [-0.3, -0.25) is 19.5 Å². The molecule has 1 aromatic rings. The minimum absolute atomic E-state index is 0.0304. The third kappa shape index (κ3) is 5.07. The lowest BCUT2D eigenvalue weighted by Crippen LogP contribution is -2.48. The van der Waals surface area contributed by atoms with Crippen LogP contribution in [0.1, 0.15) is 36.8 Å². The molecule has 3 rings (SSSR count). The number of allylic oxidation sites excluding steroid dienone is 2. The Labute approximate surface area is 166 Å². The maximum Gasteiger partial charge on any atom is 0.219 e. The minimum Gasteiger partial charge on any atom is -0.511 e. The molecule has 1 atom stereocenters. The maximum atomic E-state index is 12.5. The number of benzene rings is 1. The molecule has 2 aliphatic rings. The van der Waals surface area contributed by atoms with Crippen LogP contribution in [0, 0.1) is 6.92 Å². The van der Waals surface area contributed by atoms with Crippen molar-refractivity contribution in [2.45, 2.75) is 32.6 Å². The number of amides is 1. The summed E-state index contributed by atoms with van der Waals surface area (Å²) in [5.41, 5.74) is 2.62. The summed E-state index contributed by atoms with van der Waals surface area (Å²) in [6.45, 7) is 8.20. The van der Waals surface area contributed by atoms with Crippen LogP contribution < -0.4 is 0 Å². The van der Waals surface area contributed by atoms with Crippen molar-refractivity contribution < 1.29 is 14.7 Å². The largest absolute Gasteiger partial charge is 0.511 e. The summed E-state index contributed by atoms with van der Waals surface area (Å²) < 4.78 is 0. The molecule has 0 aromatic heterocycles. The van der Waals surface area contributed by atoms with Crippen molar-refractivity contribution in [1.82, 2.24) is 9.80 Å². The number of hydrogen-bond donors (Lipinski definition) is 1. The smallest absolute Gasteiger partial charge is 0.219 e. The molecule has 6 heteroatoms. The molecular formula is C22H29N3O3. The van der Waals surface area contributed by atoms with Crippen LogP contribution in [0.4, 0.5) is 0 Å². The van der Waals surface area contributed by atoms with Gasteiger partial charge in [0.15, 0.2) is 5.78 Å². The Morgan fingerprint density at radius 3 is 2.46 bits per heavy atom. The third-order valence-electron chi connectivity index (χ3n) is 5.61. The molecular weight excluding hydrogens is 354 g/mol. The van der Waals surface area contributed by atoms with Crippen molar-refractivity contribution in [3.63, 3.8) is 0 Å². The minimum atomic E-state index is -0.0480. The molecule has 1 heterocycles. The molecule has 1 aliphatic heterocycles. The highest BCUT2D eigenvalue weighted by Gasteiger charge is 2.27. The summed E-state index contributed by atoms with van der Waals surface area (Å²) in [6.07, 6.45) is 2.42. The summed E-state index contributed by atoms with van der Waals surface area (Å²) in [5, 5.41) is 10.4. The molecule has 6 nitrogen and oxygen atoms in total. The fraction of sp³-hybridized carbons (Fsp3) is 0.500. The molecule has 1 fully saturated rings. The monoisotopic (exact) mass is 383 g/mol. The average Bonchev–Trinajstić information content (AvgIpc) is 2.67. The van der Waals surface area contributed by atoms with Gasteiger partial charge in [-0.25, -0.2) is 0 Å². The van der Waals surface area contributed by atoms with E-state index in [0.717, 1.165) is 38.3 Å². The van der Waals surface area contributed by atoms with Gasteiger partial charge in [-0.2, -0.15) is 0 Å². The van der Waals surface area contributed by atoms with E-state index in [-0.39, 0.29) is 23.4 Å². The number of carbonyl (C=O) groups is 2. The predicted octanol–water partition coefficient (Wildman–Crippen LogP) is 2.49. The summed E-state index contributed by atoms with van der Waals surface area (Å²) in [6, 6.07) is 8.14. The average molecular weight is 383 g/mol. The first-order valence-electron chi connectivity index (χ1n) is 9.93. The molecule has 0 spiro atoms. The molecule has 0 bridgehead atoms. The highest BCUT2D eigenvalue weighted by Crippen LogP contribution is 2.33. The standard InChI is InChI=1S/C22H29N3O3/c1-16-3-5-18(6-4-16)19-13-21(27)20(22(28)14-19)15-23-7-8-24-9-11-25(12-10-24)17(2)26/h3-6,15,19,27H,7-14H2,1-2H3/t19-/m1/s1. The van der Waals surface area contributed by atoms with Gasteiger partial charge < -0.3 is 10.0 Å². The van der Waals surface area contributed by atoms with Crippen molar-refractivity contribution in [1.29, 1.82) is 0 Å².